The van der Waals surface area contributed by atoms with E-state index in [4.69, 9.17) is 28.3 Å². The number of carbonyl (C=O) groups excluding carboxylic acids is 1. The van der Waals surface area contributed by atoms with Crippen LogP contribution in [0.1, 0.15) is 6.92 Å². The lowest BCUT2D eigenvalue weighted by atomic mass is 10.3. The quantitative estimate of drug-likeness (QED) is 0.742. The second-order valence-corrected chi connectivity index (χ2v) is 8.68. The van der Waals surface area contributed by atoms with Crippen molar-refractivity contribution in [3.05, 3.63) is 52.5 Å². The highest BCUT2D eigenvalue weighted by molar-refractivity contribution is 8.00. The molecule has 0 aliphatic carbocycles. The third kappa shape index (κ3) is 5.12. The summed E-state index contributed by atoms with van der Waals surface area (Å²) in [5.41, 5.74) is 0.344. The molecule has 5 nitrogen and oxygen atoms in total. The van der Waals surface area contributed by atoms with Crippen LogP contribution in [0.5, 0.6) is 0 Å². The normalized spacial score (nSPS) is 12.7. The number of amides is 1. The third-order valence-electron chi connectivity index (χ3n) is 3.00. The van der Waals surface area contributed by atoms with Gasteiger partial charge in [-0.1, -0.05) is 29.3 Å². The summed E-state index contributed by atoms with van der Waals surface area (Å²) in [6.45, 7) is 1.71. The van der Waals surface area contributed by atoms with E-state index >= 15 is 0 Å². The van der Waals surface area contributed by atoms with Crippen molar-refractivity contribution in [2.24, 2.45) is 5.14 Å². The van der Waals surface area contributed by atoms with Crippen LogP contribution in [0.4, 0.5) is 5.69 Å². The maximum Gasteiger partial charge on any atom is 0.238 e. The molecule has 24 heavy (non-hydrogen) atoms. The number of halogens is 2. The molecule has 1 unspecified atom stereocenters. The molecule has 128 valence electrons. The fourth-order valence-corrected chi connectivity index (χ4v) is 3.78. The topological polar surface area (TPSA) is 89.3 Å². The van der Waals surface area contributed by atoms with Crippen molar-refractivity contribution in [2.75, 3.05) is 5.32 Å². The first-order chi connectivity index (χ1) is 11.2. The van der Waals surface area contributed by atoms with Gasteiger partial charge in [-0.15, -0.1) is 11.8 Å². The Morgan fingerprint density at radius 3 is 2.58 bits per heavy atom. The van der Waals surface area contributed by atoms with Crippen molar-refractivity contribution in [3.63, 3.8) is 0 Å². The van der Waals surface area contributed by atoms with Crippen molar-refractivity contribution in [1.29, 1.82) is 0 Å². The maximum absolute atomic E-state index is 12.3. The van der Waals surface area contributed by atoms with E-state index in [0.717, 1.165) is 0 Å². The minimum atomic E-state index is -3.83. The Morgan fingerprint density at radius 2 is 1.92 bits per heavy atom. The first kappa shape index (κ1) is 19.1. The van der Waals surface area contributed by atoms with Crippen LogP contribution < -0.4 is 10.5 Å². The van der Waals surface area contributed by atoms with Gasteiger partial charge in [-0.2, -0.15) is 0 Å². The number of benzene rings is 2. The fraction of sp³-hybridized carbons (Fsp3) is 0.133. The van der Waals surface area contributed by atoms with Gasteiger partial charge in [0.2, 0.25) is 15.9 Å². The van der Waals surface area contributed by atoms with Gasteiger partial charge in [-0.25, -0.2) is 13.6 Å². The molecule has 0 aromatic heterocycles. The Labute approximate surface area is 154 Å². The van der Waals surface area contributed by atoms with Crippen LogP contribution in [-0.2, 0) is 14.8 Å². The van der Waals surface area contributed by atoms with Gasteiger partial charge in [0.15, 0.2) is 0 Å². The zero-order valence-corrected chi connectivity index (χ0v) is 15.6. The largest absolute Gasteiger partial charge is 0.325 e. The second-order valence-electron chi connectivity index (χ2n) is 4.90. The molecule has 0 aliphatic rings. The van der Waals surface area contributed by atoms with Gasteiger partial charge in [-0.05, 0) is 43.3 Å². The van der Waals surface area contributed by atoms with Crippen molar-refractivity contribution in [2.45, 2.75) is 22.0 Å². The molecule has 0 heterocycles. The smallest absolute Gasteiger partial charge is 0.238 e. The Kier molecular flexibility index (Phi) is 6.17. The maximum atomic E-state index is 12.3. The minimum absolute atomic E-state index is 0.0708. The molecule has 2 aromatic carbocycles. The number of hydrogen-bond donors (Lipinski definition) is 2. The number of anilines is 1. The monoisotopic (exact) mass is 404 g/mol. The molecule has 0 fully saturated rings. The highest BCUT2D eigenvalue weighted by Crippen LogP contribution is 2.33. The van der Waals surface area contributed by atoms with E-state index in [9.17, 15) is 13.2 Å². The van der Waals surface area contributed by atoms with Crippen LogP contribution in [-0.4, -0.2) is 19.6 Å². The molecule has 2 rings (SSSR count). The van der Waals surface area contributed by atoms with Crippen LogP contribution in [0.25, 0.3) is 0 Å². The summed E-state index contributed by atoms with van der Waals surface area (Å²) in [6, 6.07) is 10.7. The molecule has 1 atom stereocenters. The van der Waals surface area contributed by atoms with Gasteiger partial charge in [-0.3, -0.25) is 4.79 Å². The van der Waals surface area contributed by atoms with E-state index in [-0.39, 0.29) is 10.8 Å². The molecule has 1 amide bonds. The first-order valence-corrected chi connectivity index (χ1v) is 9.90. The number of rotatable bonds is 5. The van der Waals surface area contributed by atoms with E-state index in [1.54, 1.807) is 31.2 Å². The zero-order chi connectivity index (χ0) is 17.9. The number of nitrogens with two attached hydrogens (primary N) is 1. The van der Waals surface area contributed by atoms with Crippen molar-refractivity contribution in [1.82, 2.24) is 0 Å². The van der Waals surface area contributed by atoms with E-state index in [1.807, 2.05) is 0 Å². The number of primary sulfonamides is 1. The van der Waals surface area contributed by atoms with E-state index < -0.39 is 15.3 Å². The van der Waals surface area contributed by atoms with E-state index in [1.165, 1.54) is 30.0 Å². The summed E-state index contributed by atoms with van der Waals surface area (Å²) < 4.78 is 22.7. The first-order valence-electron chi connectivity index (χ1n) is 6.72. The molecule has 9 heteroatoms. The van der Waals surface area contributed by atoms with Crippen LogP contribution >= 0.6 is 35.0 Å². The summed E-state index contributed by atoms with van der Waals surface area (Å²) >= 11 is 13.3. The predicted molar refractivity (Wildman–Crippen MR) is 98.2 cm³/mol. The average Bonchev–Trinajstić information content (AvgIpc) is 2.50. The lowest BCUT2D eigenvalue weighted by molar-refractivity contribution is -0.115. The van der Waals surface area contributed by atoms with Gasteiger partial charge in [0.1, 0.15) is 0 Å². The standard InChI is InChI=1S/C15H14Cl2N2O3S2/c1-9(23-14-7-10(16)5-6-13(14)17)15(20)19-11-3-2-4-12(8-11)24(18,21)22/h2-9H,1H3,(H,19,20)(H2,18,21,22). The Balaban J connectivity index is 2.11. The van der Waals surface area contributed by atoms with E-state index in [2.05, 4.69) is 5.32 Å². The van der Waals surface area contributed by atoms with Crippen LogP contribution in [0, 0.1) is 0 Å². The van der Waals surface area contributed by atoms with Crippen LogP contribution in [0.3, 0.4) is 0 Å². The molecule has 0 aliphatic heterocycles. The zero-order valence-electron chi connectivity index (χ0n) is 12.5. The molecule has 0 saturated carbocycles. The SMILES string of the molecule is CC(Sc1cc(Cl)ccc1Cl)C(=O)Nc1cccc(S(N)(=O)=O)c1. The van der Waals surface area contributed by atoms with Crippen molar-refractivity contribution < 1.29 is 13.2 Å². The second kappa shape index (κ2) is 7.76. The summed E-state index contributed by atoms with van der Waals surface area (Å²) in [5, 5.41) is 8.28. The van der Waals surface area contributed by atoms with Crippen molar-refractivity contribution >= 4 is 56.6 Å². The summed E-state index contributed by atoms with van der Waals surface area (Å²) in [7, 11) is -3.83. The molecule has 0 saturated heterocycles. The van der Waals surface area contributed by atoms with Gasteiger partial charge >= 0.3 is 0 Å². The summed E-state index contributed by atoms with van der Waals surface area (Å²) in [5.74, 6) is -0.303. The molecular formula is C15H14Cl2N2O3S2. The highest BCUT2D eigenvalue weighted by atomic mass is 35.5. The molecule has 0 radical (unpaired) electrons. The van der Waals surface area contributed by atoms with Gasteiger partial charge in [0, 0.05) is 15.6 Å². The highest BCUT2D eigenvalue weighted by Gasteiger charge is 2.17. The average molecular weight is 405 g/mol. The number of thioether (sulfide) groups is 1. The fourth-order valence-electron chi connectivity index (χ4n) is 1.81. The molecule has 3 N–H and O–H groups in total. The predicted octanol–water partition coefficient (Wildman–Crippen LogP) is 3.76. The van der Waals surface area contributed by atoms with Gasteiger partial charge < -0.3 is 5.32 Å². The number of sulfonamides is 1. The summed E-state index contributed by atoms with van der Waals surface area (Å²) in [6.07, 6.45) is 0. The summed E-state index contributed by atoms with van der Waals surface area (Å²) in [4.78, 5) is 12.9. The molecular weight excluding hydrogens is 391 g/mol. The van der Waals surface area contributed by atoms with Crippen LogP contribution in [0.15, 0.2) is 52.3 Å². The Morgan fingerprint density at radius 1 is 1.21 bits per heavy atom. The van der Waals surface area contributed by atoms with Gasteiger partial charge in [0.05, 0.1) is 15.2 Å². The number of hydrogen-bond acceptors (Lipinski definition) is 4. The van der Waals surface area contributed by atoms with E-state index in [0.29, 0.717) is 20.6 Å². The lowest BCUT2D eigenvalue weighted by Crippen LogP contribution is -2.22. The van der Waals surface area contributed by atoms with Crippen molar-refractivity contribution in [3.8, 4) is 0 Å². The molecule has 2 aromatic rings. The Bertz CT molecular complexity index is 873. The number of nitrogens with one attached hydrogen (secondary N) is 1. The molecule has 0 bridgehead atoms. The van der Waals surface area contributed by atoms with Crippen LogP contribution in [0.2, 0.25) is 10.0 Å². The van der Waals surface area contributed by atoms with Gasteiger partial charge in [0.25, 0.3) is 0 Å². The lowest BCUT2D eigenvalue weighted by Gasteiger charge is -2.13. The third-order valence-corrected chi connectivity index (χ3v) is 5.74. The number of carbonyl (C=O) groups is 1. The Hall–Kier alpha value is -1.25. The molecule has 0 spiro atoms. The minimum Gasteiger partial charge on any atom is -0.325 e.